The van der Waals surface area contributed by atoms with Gasteiger partial charge in [0.15, 0.2) is 0 Å². The molecule has 0 aromatic heterocycles. The van der Waals surface area contributed by atoms with E-state index in [-0.39, 0.29) is 5.75 Å². The average Bonchev–Trinajstić information content (AvgIpc) is 2.84. The van der Waals surface area contributed by atoms with Crippen molar-refractivity contribution in [1.82, 2.24) is 0 Å². The van der Waals surface area contributed by atoms with Gasteiger partial charge in [-0.3, -0.25) is 0 Å². The number of aromatic hydroxyl groups is 1. The Morgan fingerprint density at radius 2 is 1.19 bits per heavy atom. The summed E-state index contributed by atoms with van der Waals surface area (Å²) >= 11 is 0. The molecule has 190 valence electrons. The Kier molecular flexibility index (Phi) is 6.02. The van der Waals surface area contributed by atoms with Crippen molar-refractivity contribution in [3.8, 4) is 22.6 Å². The summed E-state index contributed by atoms with van der Waals surface area (Å²) in [6, 6.07) is 26.7. The van der Waals surface area contributed by atoms with Crippen molar-refractivity contribution in [3.63, 3.8) is 0 Å². The number of fused-ring (bicyclic) bond motifs is 1. The normalized spacial score (nSPS) is 14.8. The number of phenolic OH excluding ortho intramolecular Hbond substituents is 1. The van der Waals surface area contributed by atoms with Crippen LogP contribution in [-0.2, 0) is 28.4 Å². The Bertz CT molecular complexity index is 1540. The third kappa shape index (κ3) is 4.57. The molecule has 0 radical (unpaired) electrons. The molecule has 5 rings (SSSR count). The van der Waals surface area contributed by atoms with E-state index < -0.39 is 26.8 Å². The van der Waals surface area contributed by atoms with E-state index in [1.165, 1.54) is 23.3 Å². The van der Waals surface area contributed by atoms with E-state index >= 15 is 0 Å². The van der Waals surface area contributed by atoms with Crippen molar-refractivity contribution in [2.45, 2.75) is 30.7 Å². The van der Waals surface area contributed by atoms with E-state index in [0.29, 0.717) is 5.56 Å². The van der Waals surface area contributed by atoms with Crippen molar-refractivity contribution in [2.75, 3.05) is 0 Å². The molecule has 1 N–H and O–H groups in total. The minimum Gasteiger partial charge on any atom is -0.508 e. The van der Waals surface area contributed by atoms with Crippen LogP contribution in [0.1, 0.15) is 34.7 Å². The summed E-state index contributed by atoms with van der Waals surface area (Å²) in [5.41, 5.74) is 1.08. The lowest BCUT2D eigenvalue weighted by molar-refractivity contribution is -0.0500. The molecule has 0 fully saturated rings. The number of phenols is 1. The maximum absolute atomic E-state index is 12.7. The van der Waals surface area contributed by atoms with E-state index in [9.17, 15) is 26.7 Å². The number of rotatable bonds is 6. The number of benzene rings is 4. The van der Waals surface area contributed by atoms with E-state index in [2.05, 4.69) is 22.4 Å². The van der Waals surface area contributed by atoms with Crippen LogP contribution in [0.15, 0.2) is 91.0 Å². The standard InChI is InChI=1S/C29H23F3O4S/c1-28(24-10-14-26(33)15-11-24,25-12-16-27(17-13-25)36-37(34,35)29(30,31)32)23-8-6-20(7-9-23)22-5-3-19-2-4-21(19)18-22/h3,5-18,33H,2,4H2,1H3. The monoisotopic (exact) mass is 524 g/mol. The molecule has 0 saturated heterocycles. The summed E-state index contributed by atoms with van der Waals surface area (Å²) in [5, 5.41) is 9.82. The van der Waals surface area contributed by atoms with Gasteiger partial charge in [0.05, 0.1) is 0 Å². The molecule has 8 heteroatoms. The maximum atomic E-state index is 12.7. The van der Waals surface area contributed by atoms with Gasteiger partial charge < -0.3 is 9.29 Å². The zero-order valence-electron chi connectivity index (χ0n) is 19.8. The first-order valence-corrected chi connectivity index (χ1v) is 13.0. The molecule has 1 atom stereocenters. The minimum atomic E-state index is -5.77. The Morgan fingerprint density at radius 1 is 0.703 bits per heavy atom. The second-order valence-corrected chi connectivity index (χ2v) is 10.8. The third-order valence-corrected chi connectivity index (χ3v) is 8.01. The molecule has 4 aromatic carbocycles. The van der Waals surface area contributed by atoms with Crippen LogP contribution >= 0.6 is 0 Å². The number of alkyl halides is 3. The summed E-state index contributed by atoms with van der Waals surface area (Å²) < 4.78 is 65.3. The molecule has 0 bridgehead atoms. The topological polar surface area (TPSA) is 63.6 Å². The number of hydrogen-bond donors (Lipinski definition) is 1. The second kappa shape index (κ2) is 8.95. The SMILES string of the molecule is CC(c1ccc(O)cc1)(c1ccc(OS(=O)(=O)C(F)(F)F)cc1)c1ccc(-c2ccc3c(c2)CC3)cc1. The Hall–Kier alpha value is -3.78. The van der Waals surface area contributed by atoms with Crippen LogP contribution in [0.4, 0.5) is 13.2 Å². The lowest BCUT2D eigenvalue weighted by Gasteiger charge is -2.32. The smallest absolute Gasteiger partial charge is 0.508 e. The highest BCUT2D eigenvalue weighted by Gasteiger charge is 2.48. The second-order valence-electron chi connectivity index (χ2n) is 9.24. The molecule has 37 heavy (non-hydrogen) atoms. The van der Waals surface area contributed by atoms with Crippen molar-refractivity contribution in [2.24, 2.45) is 0 Å². The number of hydrogen-bond acceptors (Lipinski definition) is 4. The molecule has 4 aromatic rings. The molecular weight excluding hydrogens is 501 g/mol. The maximum Gasteiger partial charge on any atom is 0.534 e. The average molecular weight is 525 g/mol. The molecule has 1 aliphatic rings. The molecule has 0 spiro atoms. The number of halogens is 3. The van der Waals surface area contributed by atoms with Gasteiger partial charge in [-0.05, 0) is 83.0 Å². The molecule has 0 amide bonds. The van der Waals surface area contributed by atoms with Gasteiger partial charge in [0, 0.05) is 5.41 Å². The van der Waals surface area contributed by atoms with Crippen molar-refractivity contribution < 1.29 is 30.9 Å². The first kappa shape index (κ1) is 24.9. The molecule has 0 aliphatic heterocycles. The predicted molar refractivity (Wildman–Crippen MR) is 135 cm³/mol. The third-order valence-electron chi connectivity index (χ3n) is 7.03. The molecule has 4 nitrogen and oxygen atoms in total. The van der Waals surface area contributed by atoms with Gasteiger partial charge in [0.1, 0.15) is 11.5 Å². The van der Waals surface area contributed by atoms with Gasteiger partial charge in [-0.25, -0.2) is 0 Å². The quantitative estimate of drug-likeness (QED) is 0.172. The van der Waals surface area contributed by atoms with Gasteiger partial charge in [-0.2, -0.15) is 21.6 Å². The highest BCUT2D eigenvalue weighted by atomic mass is 32.2. The van der Waals surface area contributed by atoms with Crippen LogP contribution in [0, 0.1) is 0 Å². The molecule has 1 aliphatic carbocycles. The Morgan fingerprint density at radius 3 is 1.68 bits per heavy atom. The van der Waals surface area contributed by atoms with Crippen molar-refractivity contribution >= 4 is 10.1 Å². The first-order valence-electron chi connectivity index (χ1n) is 11.6. The molecule has 0 heterocycles. The Balaban J connectivity index is 1.53. The predicted octanol–water partition coefficient (Wildman–Crippen LogP) is 6.74. The van der Waals surface area contributed by atoms with E-state index in [1.54, 1.807) is 36.4 Å². The van der Waals surface area contributed by atoms with E-state index in [1.807, 2.05) is 31.2 Å². The van der Waals surface area contributed by atoms with Crippen molar-refractivity contribution in [1.29, 1.82) is 0 Å². The highest BCUT2D eigenvalue weighted by molar-refractivity contribution is 7.88. The fourth-order valence-electron chi connectivity index (χ4n) is 4.68. The van der Waals surface area contributed by atoms with Gasteiger partial charge >= 0.3 is 15.6 Å². The van der Waals surface area contributed by atoms with Crippen LogP contribution < -0.4 is 4.18 Å². The number of aryl methyl sites for hydroxylation is 2. The zero-order chi connectivity index (χ0) is 26.4. The van der Waals surface area contributed by atoms with Gasteiger partial charge in [-0.15, -0.1) is 0 Å². The van der Waals surface area contributed by atoms with Crippen LogP contribution in [0.2, 0.25) is 0 Å². The summed E-state index contributed by atoms with van der Waals surface area (Å²) in [7, 11) is -5.77. The van der Waals surface area contributed by atoms with E-state index in [0.717, 1.165) is 35.1 Å². The highest BCUT2D eigenvalue weighted by Crippen LogP contribution is 2.41. The first-order chi connectivity index (χ1) is 17.5. The van der Waals surface area contributed by atoms with Gasteiger partial charge in [-0.1, -0.05) is 66.7 Å². The van der Waals surface area contributed by atoms with Gasteiger partial charge in [0.2, 0.25) is 0 Å². The molecule has 0 saturated carbocycles. The minimum absolute atomic E-state index is 0.100. The Labute approximate surface area is 213 Å². The summed E-state index contributed by atoms with van der Waals surface area (Å²) in [6.45, 7) is 1.96. The fourth-order valence-corrected chi connectivity index (χ4v) is 5.14. The summed E-state index contributed by atoms with van der Waals surface area (Å²) in [6.07, 6.45) is 2.20. The molecule has 1 unspecified atom stereocenters. The van der Waals surface area contributed by atoms with E-state index in [4.69, 9.17) is 0 Å². The van der Waals surface area contributed by atoms with Crippen LogP contribution in [0.5, 0.6) is 11.5 Å². The summed E-state index contributed by atoms with van der Waals surface area (Å²) in [5.74, 6) is -0.339. The van der Waals surface area contributed by atoms with Crippen LogP contribution in [-0.4, -0.2) is 19.0 Å². The largest absolute Gasteiger partial charge is 0.534 e. The zero-order valence-corrected chi connectivity index (χ0v) is 20.6. The van der Waals surface area contributed by atoms with Crippen LogP contribution in [0.25, 0.3) is 11.1 Å². The lowest BCUT2D eigenvalue weighted by atomic mass is 9.71. The van der Waals surface area contributed by atoms with Crippen molar-refractivity contribution in [3.05, 3.63) is 119 Å². The lowest BCUT2D eigenvalue weighted by Crippen LogP contribution is -2.28. The summed E-state index contributed by atoms with van der Waals surface area (Å²) in [4.78, 5) is 0. The van der Waals surface area contributed by atoms with Gasteiger partial charge in [0.25, 0.3) is 0 Å². The molecular formula is C29H23F3O4S. The van der Waals surface area contributed by atoms with Crippen LogP contribution in [0.3, 0.4) is 0 Å². The fraction of sp³-hybridized carbons (Fsp3) is 0.172.